The third-order valence-electron chi connectivity index (χ3n) is 5.82. The first kappa shape index (κ1) is 17.8. The number of thiocarbonyl (C=S) groups is 1. The van der Waals surface area contributed by atoms with Crippen molar-refractivity contribution in [3.8, 4) is 0 Å². The zero-order valence-corrected chi connectivity index (χ0v) is 15.8. The average molecular weight is 389 g/mol. The number of hydrogen-bond donors (Lipinski definition) is 1. The largest absolute Gasteiger partial charge is 0.364 e. The number of rotatable bonds is 1. The van der Waals surface area contributed by atoms with Gasteiger partial charge in [0, 0.05) is 50.9 Å². The fraction of sp³-hybridized carbons (Fsp3) is 0.471. The second-order valence-corrected chi connectivity index (χ2v) is 7.70. The van der Waals surface area contributed by atoms with Crippen molar-refractivity contribution in [2.75, 3.05) is 38.6 Å². The molecule has 1 aromatic carbocycles. The van der Waals surface area contributed by atoms with Crippen LogP contribution < -0.4 is 10.2 Å². The number of nitro benzene ring substituents is 1. The van der Waals surface area contributed by atoms with E-state index in [0.717, 1.165) is 12.2 Å². The number of non-ortho nitro benzene ring substituents is 1. The van der Waals surface area contributed by atoms with Crippen LogP contribution >= 0.6 is 12.2 Å². The van der Waals surface area contributed by atoms with E-state index in [1.54, 1.807) is 13.1 Å². The van der Waals surface area contributed by atoms with Gasteiger partial charge in [-0.25, -0.2) is 0 Å². The summed E-state index contributed by atoms with van der Waals surface area (Å²) in [5.41, 5.74) is 0.0630. The zero-order chi connectivity index (χ0) is 19.5. The molecule has 0 aliphatic carbocycles. The molecule has 1 aromatic rings. The quantitative estimate of drug-likeness (QED) is 0.315. The molecule has 10 heteroatoms. The topological polar surface area (TPSA) is 99.0 Å². The summed E-state index contributed by atoms with van der Waals surface area (Å²) in [5.74, 6) is -0.795. The second kappa shape index (κ2) is 5.96. The molecule has 0 unspecified atom stereocenters. The van der Waals surface area contributed by atoms with Crippen LogP contribution in [-0.2, 0) is 16.0 Å². The van der Waals surface area contributed by atoms with Gasteiger partial charge in [0.15, 0.2) is 10.5 Å². The third-order valence-corrected chi connectivity index (χ3v) is 6.20. The minimum absolute atomic E-state index is 0.0518. The highest BCUT2D eigenvalue weighted by Gasteiger charge is 2.61. The number of likely N-dealkylation sites (N-methyl/N-ethyl adjacent to an activating group) is 1. The number of nitro groups is 1. The predicted octanol–water partition coefficient (Wildman–Crippen LogP) is 0.131. The summed E-state index contributed by atoms with van der Waals surface area (Å²) < 4.78 is 0. The first-order valence-electron chi connectivity index (χ1n) is 8.62. The molecule has 0 saturated carbocycles. The normalized spacial score (nSPS) is 28.1. The smallest absolute Gasteiger partial charge is 0.269 e. The molecule has 2 amide bonds. The average Bonchev–Trinajstić information content (AvgIpc) is 2.64. The van der Waals surface area contributed by atoms with Crippen LogP contribution in [0, 0.1) is 15.5 Å². The number of benzene rings is 1. The van der Waals surface area contributed by atoms with Gasteiger partial charge in [-0.15, -0.1) is 0 Å². The predicted molar refractivity (Wildman–Crippen MR) is 101 cm³/mol. The Kier molecular flexibility index (Phi) is 3.93. The van der Waals surface area contributed by atoms with Crippen LogP contribution in [0.3, 0.4) is 0 Å². The van der Waals surface area contributed by atoms with E-state index in [4.69, 9.17) is 12.2 Å². The van der Waals surface area contributed by atoms with Gasteiger partial charge >= 0.3 is 0 Å². The Bertz CT molecular complexity index is 890. The highest BCUT2D eigenvalue weighted by molar-refractivity contribution is 7.80. The highest BCUT2D eigenvalue weighted by Crippen LogP contribution is 2.46. The first-order valence-corrected chi connectivity index (χ1v) is 9.02. The molecule has 0 aromatic heterocycles. The molecule has 4 rings (SSSR count). The Morgan fingerprint density at radius 1 is 1.30 bits per heavy atom. The van der Waals surface area contributed by atoms with Crippen molar-refractivity contribution in [2.24, 2.45) is 5.41 Å². The van der Waals surface area contributed by atoms with Gasteiger partial charge in [-0.2, -0.15) is 0 Å². The van der Waals surface area contributed by atoms with Crippen molar-refractivity contribution in [1.29, 1.82) is 0 Å². The van der Waals surface area contributed by atoms with E-state index < -0.39 is 16.2 Å². The summed E-state index contributed by atoms with van der Waals surface area (Å²) in [4.78, 5) is 42.6. The Balaban J connectivity index is 1.90. The van der Waals surface area contributed by atoms with Crippen molar-refractivity contribution in [1.82, 2.24) is 15.1 Å². The molecule has 27 heavy (non-hydrogen) atoms. The molecule has 0 bridgehead atoms. The van der Waals surface area contributed by atoms with Crippen LogP contribution in [0.2, 0.25) is 0 Å². The number of amides is 2. The highest BCUT2D eigenvalue weighted by atomic mass is 32.1. The number of piperazine rings is 1. The number of nitrogens with one attached hydrogen (secondary N) is 1. The van der Waals surface area contributed by atoms with E-state index in [1.807, 2.05) is 11.9 Å². The lowest BCUT2D eigenvalue weighted by molar-refractivity contribution is -0.384. The molecule has 1 spiro atoms. The molecular formula is C17H19N5O4S. The number of carbonyl (C=O) groups is 2. The molecule has 142 valence electrons. The summed E-state index contributed by atoms with van der Waals surface area (Å²) in [7, 11) is 3.50. The van der Waals surface area contributed by atoms with Crippen LogP contribution in [0.15, 0.2) is 18.2 Å². The number of carbonyl (C=O) groups excluding carboxylic acids is 2. The second-order valence-electron chi connectivity index (χ2n) is 7.31. The fourth-order valence-corrected chi connectivity index (χ4v) is 4.56. The summed E-state index contributed by atoms with van der Waals surface area (Å²) in [6, 6.07) is 4.29. The van der Waals surface area contributed by atoms with Gasteiger partial charge in [0.1, 0.15) is 0 Å². The van der Waals surface area contributed by atoms with Crippen LogP contribution in [0.5, 0.6) is 0 Å². The summed E-state index contributed by atoms with van der Waals surface area (Å²) in [6.45, 7) is 1.94. The molecule has 9 nitrogen and oxygen atoms in total. The van der Waals surface area contributed by atoms with Crippen molar-refractivity contribution < 1.29 is 14.5 Å². The van der Waals surface area contributed by atoms with Crippen molar-refractivity contribution in [3.63, 3.8) is 0 Å². The molecule has 2 saturated heterocycles. The molecule has 3 aliphatic heterocycles. The SMILES string of the molecule is CN1CCN2c3ccc([N+](=O)[O-])cc3C[C@]3(C(=O)NC(=S)N(C)C3=O)[C@H]2C1. The summed E-state index contributed by atoms with van der Waals surface area (Å²) in [6.07, 6.45) is 0.108. The molecule has 0 radical (unpaired) electrons. The number of hydrogen-bond acceptors (Lipinski definition) is 7. The van der Waals surface area contributed by atoms with E-state index in [1.165, 1.54) is 17.0 Å². The maximum Gasteiger partial charge on any atom is 0.269 e. The lowest BCUT2D eigenvalue weighted by atomic mass is 9.67. The molecule has 3 aliphatic rings. The molecule has 1 N–H and O–H groups in total. The van der Waals surface area contributed by atoms with E-state index in [9.17, 15) is 19.7 Å². The van der Waals surface area contributed by atoms with E-state index in [0.29, 0.717) is 18.7 Å². The van der Waals surface area contributed by atoms with Gasteiger partial charge in [-0.05, 0) is 30.9 Å². The Labute approximate surface area is 161 Å². The van der Waals surface area contributed by atoms with Gasteiger partial charge in [0.2, 0.25) is 11.8 Å². The summed E-state index contributed by atoms with van der Waals surface area (Å²) in [5, 5.41) is 14.0. The van der Waals surface area contributed by atoms with Gasteiger partial charge in [-0.1, -0.05) is 0 Å². The van der Waals surface area contributed by atoms with E-state index >= 15 is 0 Å². The van der Waals surface area contributed by atoms with Crippen molar-refractivity contribution in [2.45, 2.75) is 12.5 Å². The number of fused-ring (bicyclic) bond motifs is 4. The lowest BCUT2D eigenvalue weighted by Crippen LogP contribution is -2.74. The Hall–Kier alpha value is -2.59. The van der Waals surface area contributed by atoms with Crippen molar-refractivity contribution >= 4 is 40.5 Å². The third kappa shape index (κ3) is 2.43. The van der Waals surface area contributed by atoms with Crippen LogP contribution in [0.4, 0.5) is 11.4 Å². The monoisotopic (exact) mass is 389 g/mol. The Morgan fingerprint density at radius 2 is 2.04 bits per heavy atom. The van der Waals surface area contributed by atoms with Crippen LogP contribution in [0.1, 0.15) is 5.56 Å². The minimum atomic E-state index is -1.37. The van der Waals surface area contributed by atoms with Crippen molar-refractivity contribution in [3.05, 3.63) is 33.9 Å². The van der Waals surface area contributed by atoms with Gasteiger partial charge in [-0.3, -0.25) is 24.6 Å². The summed E-state index contributed by atoms with van der Waals surface area (Å²) >= 11 is 5.10. The minimum Gasteiger partial charge on any atom is -0.364 e. The fourth-order valence-electron chi connectivity index (χ4n) is 4.39. The molecule has 2 atom stereocenters. The standard InChI is InChI=1S/C17H19N5O4S/c1-19-5-6-21-12-4-3-11(22(25)26)7-10(12)8-17(13(21)9-19)14(23)18-16(27)20(2)15(17)24/h3-4,7,13H,5-6,8-9H2,1-2H3,(H,18,23,27)/t13-,17-/m1/s1. The maximum atomic E-state index is 13.3. The Morgan fingerprint density at radius 3 is 2.74 bits per heavy atom. The van der Waals surface area contributed by atoms with E-state index in [2.05, 4.69) is 10.2 Å². The number of anilines is 1. The van der Waals surface area contributed by atoms with Gasteiger partial charge < -0.3 is 15.1 Å². The molecular weight excluding hydrogens is 370 g/mol. The van der Waals surface area contributed by atoms with E-state index in [-0.39, 0.29) is 29.2 Å². The lowest BCUT2D eigenvalue weighted by Gasteiger charge is -2.55. The molecule has 2 fully saturated rings. The maximum absolute atomic E-state index is 13.3. The zero-order valence-electron chi connectivity index (χ0n) is 15.0. The first-order chi connectivity index (χ1) is 12.8. The molecule has 3 heterocycles. The van der Waals surface area contributed by atoms with Crippen LogP contribution in [0.25, 0.3) is 0 Å². The number of nitrogens with zero attached hydrogens (tertiary/aromatic N) is 4. The van der Waals surface area contributed by atoms with Crippen LogP contribution in [-0.4, -0.2) is 71.4 Å². The van der Waals surface area contributed by atoms with Gasteiger partial charge in [0.25, 0.3) is 5.69 Å². The van der Waals surface area contributed by atoms with Gasteiger partial charge in [0.05, 0.1) is 11.0 Å².